The average Bonchev–Trinajstić information content (AvgIpc) is 2.35. The van der Waals surface area contributed by atoms with Crippen LogP contribution in [0.25, 0.3) is 0 Å². The Labute approximate surface area is 108 Å². The number of hydrogen-bond donors (Lipinski definition) is 0. The molecule has 92 valence electrons. The lowest BCUT2D eigenvalue weighted by molar-refractivity contribution is 0.103. The molecule has 1 nitrogen and oxygen atoms in total. The fourth-order valence-electron chi connectivity index (χ4n) is 1.61. The van der Waals surface area contributed by atoms with Crippen LogP contribution in [0.4, 0.5) is 8.78 Å². The van der Waals surface area contributed by atoms with Gasteiger partial charge in [0.25, 0.3) is 0 Å². The first-order valence-electron chi connectivity index (χ1n) is 5.25. The summed E-state index contributed by atoms with van der Waals surface area (Å²) < 4.78 is 26.8. The Morgan fingerprint density at radius 2 is 1.78 bits per heavy atom. The van der Waals surface area contributed by atoms with E-state index in [2.05, 4.69) is 0 Å². The van der Waals surface area contributed by atoms with Crippen LogP contribution in [0.3, 0.4) is 0 Å². The zero-order valence-corrected chi connectivity index (χ0v) is 10.3. The molecule has 0 bridgehead atoms. The summed E-state index contributed by atoms with van der Waals surface area (Å²) in [5.74, 6) is -1.89. The lowest BCUT2D eigenvalue weighted by atomic mass is 10.0. The first kappa shape index (κ1) is 12.7. The van der Waals surface area contributed by atoms with Crippen molar-refractivity contribution in [3.05, 3.63) is 69.7 Å². The first-order valence-corrected chi connectivity index (χ1v) is 5.63. The molecule has 0 spiro atoms. The smallest absolute Gasteiger partial charge is 0.196 e. The summed E-state index contributed by atoms with van der Waals surface area (Å²) >= 11 is 5.53. The summed E-state index contributed by atoms with van der Waals surface area (Å²) in [5.41, 5.74) is 0.757. The molecule has 0 aliphatic heterocycles. The molecule has 0 aromatic heterocycles. The number of benzene rings is 2. The van der Waals surface area contributed by atoms with E-state index in [1.165, 1.54) is 24.3 Å². The minimum absolute atomic E-state index is 0.0707. The van der Waals surface area contributed by atoms with E-state index in [9.17, 15) is 13.6 Å². The van der Waals surface area contributed by atoms with Gasteiger partial charge in [0.1, 0.15) is 11.6 Å². The molecule has 0 radical (unpaired) electrons. The predicted molar refractivity (Wildman–Crippen MR) is 66.0 cm³/mol. The maximum Gasteiger partial charge on any atom is 0.196 e. The molecule has 0 aliphatic carbocycles. The van der Waals surface area contributed by atoms with Gasteiger partial charge in [-0.25, -0.2) is 8.78 Å². The Morgan fingerprint density at radius 1 is 1.06 bits per heavy atom. The van der Waals surface area contributed by atoms with Crippen LogP contribution >= 0.6 is 11.6 Å². The largest absolute Gasteiger partial charge is 0.288 e. The molecule has 4 heteroatoms. The second-order valence-electron chi connectivity index (χ2n) is 3.94. The van der Waals surface area contributed by atoms with Crippen molar-refractivity contribution in [1.82, 2.24) is 0 Å². The minimum atomic E-state index is -0.699. The van der Waals surface area contributed by atoms with Crippen molar-refractivity contribution < 1.29 is 13.6 Å². The highest BCUT2D eigenvalue weighted by Crippen LogP contribution is 2.20. The molecular weight excluding hydrogens is 258 g/mol. The topological polar surface area (TPSA) is 17.1 Å². The van der Waals surface area contributed by atoms with Crippen molar-refractivity contribution in [3.8, 4) is 0 Å². The van der Waals surface area contributed by atoms with Crippen molar-refractivity contribution in [2.45, 2.75) is 6.92 Å². The molecular formula is C14H9ClF2O. The molecule has 0 saturated heterocycles. The van der Waals surface area contributed by atoms with Gasteiger partial charge in [0.05, 0.1) is 10.6 Å². The third kappa shape index (κ3) is 2.41. The maximum absolute atomic E-state index is 13.5. The summed E-state index contributed by atoms with van der Waals surface area (Å²) in [6.45, 7) is 1.75. The van der Waals surface area contributed by atoms with Crippen LogP contribution in [-0.2, 0) is 0 Å². The van der Waals surface area contributed by atoms with E-state index in [1.54, 1.807) is 13.0 Å². The second kappa shape index (κ2) is 4.86. The van der Waals surface area contributed by atoms with Gasteiger partial charge in [-0.1, -0.05) is 23.2 Å². The predicted octanol–water partition coefficient (Wildman–Crippen LogP) is 4.16. The standard InChI is InChI=1S/C14H9ClF2O/c1-8-2-5-12(16)10(6-8)14(18)9-3-4-11(15)13(17)7-9/h2-7H,1H3. The van der Waals surface area contributed by atoms with Gasteiger partial charge >= 0.3 is 0 Å². The highest BCUT2D eigenvalue weighted by atomic mass is 35.5. The van der Waals surface area contributed by atoms with Crippen molar-refractivity contribution in [2.75, 3.05) is 0 Å². The van der Waals surface area contributed by atoms with E-state index < -0.39 is 17.4 Å². The molecule has 0 heterocycles. The van der Waals surface area contributed by atoms with Crippen LogP contribution in [0.1, 0.15) is 21.5 Å². The lowest BCUT2D eigenvalue weighted by Crippen LogP contribution is -2.05. The van der Waals surface area contributed by atoms with E-state index in [4.69, 9.17) is 11.6 Å². The highest BCUT2D eigenvalue weighted by Gasteiger charge is 2.15. The third-order valence-electron chi connectivity index (χ3n) is 2.55. The van der Waals surface area contributed by atoms with Gasteiger partial charge in [-0.2, -0.15) is 0 Å². The molecule has 0 atom stereocenters. The molecule has 0 saturated carbocycles. The van der Waals surface area contributed by atoms with Crippen molar-refractivity contribution in [1.29, 1.82) is 0 Å². The number of carbonyl (C=O) groups is 1. The molecule has 0 aliphatic rings. The number of rotatable bonds is 2. The summed E-state index contributed by atoms with van der Waals surface area (Å²) in [7, 11) is 0. The molecule has 0 unspecified atom stereocenters. The van der Waals surface area contributed by atoms with Crippen molar-refractivity contribution in [2.24, 2.45) is 0 Å². The van der Waals surface area contributed by atoms with Crippen LogP contribution in [0, 0.1) is 18.6 Å². The third-order valence-corrected chi connectivity index (χ3v) is 2.85. The normalized spacial score (nSPS) is 10.4. The van der Waals surface area contributed by atoms with Gasteiger partial charge in [0, 0.05) is 5.56 Å². The molecule has 18 heavy (non-hydrogen) atoms. The summed E-state index contributed by atoms with van der Waals surface area (Å²) in [6.07, 6.45) is 0. The molecule has 2 aromatic rings. The number of hydrogen-bond acceptors (Lipinski definition) is 1. The van der Waals surface area contributed by atoms with Crippen LogP contribution in [0.2, 0.25) is 5.02 Å². The quantitative estimate of drug-likeness (QED) is 0.746. The molecule has 0 amide bonds. The summed E-state index contributed by atoms with van der Waals surface area (Å²) in [5, 5.41) is -0.0729. The second-order valence-corrected chi connectivity index (χ2v) is 4.35. The van der Waals surface area contributed by atoms with Gasteiger partial charge in [-0.05, 0) is 37.3 Å². The zero-order chi connectivity index (χ0) is 13.3. The van der Waals surface area contributed by atoms with Gasteiger partial charge in [-0.15, -0.1) is 0 Å². The van der Waals surface area contributed by atoms with E-state index in [-0.39, 0.29) is 16.1 Å². The molecule has 2 rings (SSSR count). The van der Waals surface area contributed by atoms with E-state index in [0.29, 0.717) is 0 Å². The van der Waals surface area contributed by atoms with Crippen LogP contribution < -0.4 is 0 Å². The van der Waals surface area contributed by atoms with Gasteiger partial charge in [0.2, 0.25) is 0 Å². The van der Waals surface area contributed by atoms with E-state index in [0.717, 1.165) is 11.6 Å². The molecule has 0 fully saturated rings. The number of ketones is 1. The minimum Gasteiger partial charge on any atom is -0.288 e. The molecule has 2 aromatic carbocycles. The van der Waals surface area contributed by atoms with Gasteiger partial charge in [0.15, 0.2) is 5.78 Å². The summed E-state index contributed by atoms with van der Waals surface area (Å²) in [4.78, 5) is 12.0. The Bertz CT molecular complexity index is 623. The number of carbonyl (C=O) groups excluding carboxylic acids is 1. The van der Waals surface area contributed by atoms with Gasteiger partial charge < -0.3 is 0 Å². The molecule has 0 N–H and O–H groups in total. The van der Waals surface area contributed by atoms with E-state index in [1.807, 2.05) is 0 Å². The highest BCUT2D eigenvalue weighted by molar-refractivity contribution is 6.30. The Kier molecular flexibility index (Phi) is 3.43. The fourth-order valence-corrected chi connectivity index (χ4v) is 1.72. The van der Waals surface area contributed by atoms with E-state index >= 15 is 0 Å². The van der Waals surface area contributed by atoms with Crippen molar-refractivity contribution >= 4 is 17.4 Å². The van der Waals surface area contributed by atoms with Gasteiger partial charge in [-0.3, -0.25) is 4.79 Å². The van der Waals surface area contributed by atoms with Crippen LogP contribution in [0.5, 0.6) is 0 Å². The Hall–Kier alpha value is -1.74. The zero-order valence-electron chi connectivity index (χ0n) is 9.51. The number of halogens is 3. The lowest BCUT2D eigenvalue weighted by Gasteiger charge is -2.05. The monoisotopic (exact) mass is 266 g/mol. The SMILES string of the molecule is Cc1ccc(F)c(C(=O)c2ccc(Cl)c(F)c2)c1. The van der Waals surface area contributed by atoms with Crippen LogP contribution in [-0.4, -0.2) is 5.78 Å². The Balaban J connectivity index is 2.47. The maximum atomic E-state index is 13.5. The fraction of sp³-hybridized carbons (Fsp3) is 0.0714. The first-order chi connectivity index (χ1) is 8.49. The Morgan fingerprint density at radius 3 is 2.44 bits per heavy atom. The average molecular weight is 267 g/mol. The number of aryl methyl sites for hydroxylation is 1. The van der Waals surface area contributed by atoms with Crippen LogP contribution in [0.15, 0.2) is 36.4 Å². The summed E-state index contributed by atoms with van der Waals surface area (Å²) in [6, 6.07) is 7.87. The van der Waals surface area contributed by atoms with Crippen molar-refractivity contribution in [3.63, 3.8) is 0 Å².